The van der Waals surface area contributed by atoms with Crippen LogP contribution in [0.25, 0.3) is 0 Å². The molecule has 1 rings (SSSR count). The summed E-state index contributed by atoms with van der Waals surface area (Å²) in [6, 6.07) is 1.02. The number of nitrogens with two attached hydrogens (primary N) is 2. The van der Waals surface area contributed by atoms with Gasteiger partial charge in [-0.1, -0.05) is 0 Å². The Morgan fingerprint density at radius 1 is 1.60 bits per heavy atom. The van der Waals surface area contributed by atoms with Crippen LogP contribution in [0.5, 0.6) is 0 Å². The van der Waals surface area contributed by atoms with Crippen LogP contribution in [0.1, 0.15) is 28.0 Å². The highest BCUT2D eigenvalue weighted by Gasteiger charge is 2.19. The molecule has 5 nitrogen and oxygen atoms in total. The van der Waals surface area contributed by atoms with E-state index in [1.165, 1.54) is 0 Å². The molecule has 0 radical (unpaired) electrons. The summed E-state index contributed by atoms with van der Waals surface area (Å²) < 4.78 is 24.8. The number of carbonyl (C=O) groups is 1. The van der Waals surface area contributed by atoms with Gasteiger partial charge < -0.3 is 16.6 Å². The van der Waals surface area contributed by atoms with Crippen LogP contribution in [0.15, 0.2) is 6.07 Å². The monoisotopic (exact) mass is 217 g/mol. The van der Waals surface area contributed by atoms with E-state index in [2.05, 4.69) is 4.98 Å². The average Bonchev–Trinajstić information content (AvgIpc) is 2.16. The summed E-state index contributed by atoms with van der Waals surface area (Å²) in [6.45, 7) is -0.215. The van der Waals surface area contributed by atoms with Crippen molar-refractivity contribution < 1.29 is 18.7 Å². The molecule has 1 aromatic rings. The van der Waals surface area contributed by atoms with E-state index in [1.54, 1.807) is 0 Å². The molecule has 0 aliphatic carbocycles. The first kappa shape index (κ1) is 11.3. The quantitative estimate of drug-likeness (QED) is 0.693. The lowest BCUT2D eigenvalue weighted by Gasteiger charge is -2.09. The normalized spacial score (nSPS) is 10.7. The molecule has 0 atom stereocenters. The number of pyridine rings is 1. The number of aromatic carboxylic acids is 1. The molecule has 0 aliphatic heterocycles. The second-order valence-electron chi connectivity index (χ2n) is 2.78. The van der Waals surface area contributed by atoms with Gasteiger partial charge in [-0.25, -0.2) is 18.6 Å². The maximum absolute atomic E-state index is 12.4. The number of nitrogens with zero attached hydrogens (tertiary/aromatic N) is 1. The van der Waals surface area contributed by atoms with E-state index in [0.29, 0.717) is 0 Å². The summed E-state index contributed by atoms with van der Waals surface area (Å²) in [4.78, 5) is 14.0. The van der Waals surface area contributed by atoms with E-state index < -0.39 is 23.9 Å². The zero-order chi connectivity index (χ0) is 11.6. The van der Waals surface area contributed by atoms with Gasteiger partial charge >= 0.3 is 5.97 Å². The summed E-state index contributed by atoms with van der Waals surface area (Å²) in [7, 11) is 0. The molecular weight excluding hydrogens is 208 g/mol. The van der Waals surface area contributed by atoms with Crippen molar-refractivity contribution in [2.75, 3.05) is 5.73 Å². The summed E-state index contributed by atoms with van der Waals surface area (Å²) in [5.74, 6) is -1.76. The van der Waals surface area contributed by atoms with Gasteiger partial charge in [-0.15, -0.1) is 0 Å². The lowest BCUT2D eigenvalue weighted by Crippen LogP contribution is -2.12. The molecule has 0 aromatic carbocycles. The lowest BCUT2D eigenvalue weighted by molar-refractivity contribution is 0.0697. The van der Waals surface area contributed by atoms with Crippen molar-refractivity contribution in [1.82, 2.24) is 4.98 Å². The number of rotatable bonds is 3. The van der Waals surface area contributed by atoms with E-state index >= 15 is 0 Å². The van der Waals surface area contributed by atoms with Gasteiger partial charge in [0.1, 0.15) is 17.1 Å². The van der Waals surface area contributed by atoms with Gasteiger partial charge in [0.05, 0.1) is 0 Å². The minimum absolute atomic E-state index is 0.0170. The molecule has 82 valence electrons. The van der Waals surface area contributed by atoms with Crippen LogP contribution in [0, 0.1) is 0 Å². The van der Waals surface area contributed by atoms with Gasteiger partial charge in [0.15, 0.2) is 0 Å². The van der Waals surface area contributed by atoms with E-state index in [4.69, 9.17) is 16.6 Å². The summed E-state index contributed by atoms with van der Waals surface area (Å²) >= 11 is 0. The fourth-order valence-corrected chi connectivity index (χ4v) is 1.11. The fourth-order valence-electron chi connectivity index (χ4n) is 1.11. The third-order valence-corrected chi connectivity index (χ3v) is 1.82. The molecule has 7 heteroatoms. The largest absolute Gasteiger partial charge is 0.478 e. The molecular formula is C8H9F2N3O2. The lowest BCUT2D eigenvalue weighted by atomic mass is 10.1. The molecule has 0 fully saturated rings. The van der Waals surface area contributed by atoms with E-state index in [1.807, 2.05) is 0 Å². The number of carboxylic acid groups (broad SMARTS) is 1. The molecule has 0 bridgehead atoms. The molecule has 0 amide bonds. The number of nitrogen functional groups attached to an aromatic ring is 1. The number of halogens is 2. The van der Waals surface area contributed by atoms with Crippen molar-refractivity contribution in [3.63, 3.8) is 0 Å². The van der Waals surface area contributed by atoms with Crippen LogP contribution >= 0.6 is 0 Å². The number of hydrogen-bond acceptors (Lipinski definition) is 4. The second kappa shape index (κ2) is 4.18. The third kappa shape index (κ3) is 2.18. The Labute approximate surface area is 83.7 Å². The first-order valence-electron chi connectivity index (χ1n) is 3.98. The molecule has 0 saturated carbocycles. The predicted octanol–water partition coefficient (Wildman–Crippen LogP) is 0.758. The van der Waals surface area contributed by atoms with E-state index in [-0.39, 0.29) is 17.7 Å². The Bertz CT molecular complexity index is 396. The van der Waals surface area contributed by atoms with Crippen LogP contribution < -0.4 is 11.5 Å². The first-order chi connectivity index (χ1) is 6.97. The Balaban J connectivity index is 3.35. The minimum Gasteiger partial charge on any atom is -0.478 e. The van der Waals surface area contributed by atoms with Gasteiger partial charge in [0, 0.05) is 6.54 Å². The van der Waals surface area contributed by atoms with Crippen molar-refractivity contribution in [3.8, 4) is 0 Å². The van der Waals surface area contributed by atoms with Crippen LogP contribution in [0.2, 0.25) is 0 Å². The molecule has 1 heterocycles. The van der Waals surface area contributed by atoms with Crippen molar-refractivity contribution in [2.45, 2.75) is 13.0 Å². The minimum atomic E-state index is -2.83. The SMILES string of the molecule is NCc1cc(C(=O)O)c(N)nc1C(F)F. The Morgan fingerprint density at radius 3 is 2.60 bits per heavy atom. The predicted molar refractivity (Wildman–Crippen MR) is 48.5 cm³/mol. The number of hydrogen-bond donors (Lipinski definition) is 3. The highest BCUT2D eigenvalue weighted by molar-refractivity contribution is 5.92. The number of carboxylic acids is 1. The van der Waals surface area contributed by atoms with Crippen LogP contribution in [-0.2, 0) is 6.54 Å². The number of aromatic nitrogens is 1. The maximum atomic E-state index is 12.4. The topological polar surface area (TPSA) is 102 Å². The molecule has 1 aromatic heterocycles. The highest BCUT2D eigenvalue weighted by atomic mass is 19.3. The van der Waals surface area contributed by atoms with Gasteiger partial charge in [-0.3, -0.25) is 0 Å². The van der Waals surface area contributed by atoms with Gasteiger partial charge in [-0.05, 0) is 11.6 Å². The third-order valence-electron chi connectivity index (χ3n) is 1.82. The number of alkyl halides is 2. The van der Waals surface area contributed by atoms with Crippen molar-refractivity contribution >= 4 is 11.8 Å². The van der Waals surface area contributed by atoms with Gasteiger partial charge in [0.25, 0.3) is 6.43 Å². The molecule has 15 heavy (non-hydrogen) atoms. The molecule has 0 unspecified atom stereocenters. The zero-order valence-electron chi connectivity index (χ0n) is 7.58. The average molecular weight is 217 g/mol. The molecule has 5 N–H and O–H groups in total. The van der Waals surface area contributed by atoms with Crippen molar-refractivity contribution in [3.05, 3.63) is 22.9 Å². The van der Waals surface area contributed by atoms with Crippen molar-refractivity contribution in [1.29, 1.82) is 0 Å². The Morgan fingerprint density at radius 2 is 2.20 bits per heavy atom. The highest BCUT2D eigenvalue weighted by Crippen LogP contribution is 2.24. The van der Waals surface area contributed by atoms with E-state index in [9.17, 15) is 13.6 Å². The second-order valence-corrected chi connectivity index (χ2v) is 2.78. The molecule has 0 aliphatic rings. The molecule has 0 spiro atoms. The summed E-state index contributed by atoms with van der Waals surface area (Å²) in [5.41, 5.74) is 9.51. The Kier molecular flexibility index (Phi) is 3.15. The smallest absolute Gasteiger partial charge is 0.339 e. The maximum Gasteiger partial charge on any atom is 0.339 e. The summed E-state index contributed by atoms with van der Waals surface area (Å²) in [6.07, 6.45) is -2.83. The molecule has 0 saturated heterocycles. The van der Waals surface area contributed by atoms with Gasteiger partial charge in [-0.2, -0.15) is 0 Å². The van der Waals surface area contributed by atoms with Crippen LogP contribution in [-0.4, -0.2) is 16.1 Å². The van der Waals surface area contributed by atoms with Crippen molar-refractivity contribution in [2.24, 2.45) is 5.73 Å². The Hall–Kier alpha value is -1.76. The van der Waals surface area contributed by atoms with Crippen LogP contribution in [0.3, 0.4) is 0 Å². The van der Waals surface area contributed by atoms with Crippen LogP contribution in [0.4, 0.5) is 14.6 Å². The fraction of sp³-hybridized carbons (Fsp3) is 0.250. The summed E-state index contributed by atoms with van der Waals surface area (Å²) in [5, 5.41) is 8.67. The zero-order valence-corrected chi connectivity index (χ0v) is 7.58. The number of anilines is 1. The first-order valence-corrected chi connectivity index (χ1v) is 3.98. The van der Waals surface area contributed by atoms with Gasteiger partial charge in [0.2, 0.25) is 0 Å². The van der Waals surface area contributed by atoms with E-state index in [0.717, 1.165) is 6.07 Å². The standard InChI is InChI=1S/C8H9F2N3O2/c9-6(10)5-3(2-11)1-4(8(14)15)7(12)13-5/h1,6H,2,11H2,(H2,12,13)(H,14,15).